The lowest BCUT2D eigenvalue weighted by Gasteiger charge is -2.13. The molecule has 2 aromatic heterocycles. The Kier molecular flexibility index (Phi) is 5.71. The van der Waals surface area contributed by atoms with Crippen molar-refractivity contribution < 1.29 is 24.5 Å². The lowest BCUT2D eigenvalue weighted by molar-refractivity contribution is -0.120. The van der Waals surface area contributed by atoms with Crippen LogP contribution in [-0.4, -0.2) is 43.4 Å². The molecule has 4 aromatic rings. The van der Waals surface area contributed by atoms with Gasteiger partial charge >= 0.3 is 0 Å². The molecule has 2 heterocycles. The topological polar surface area (TPSA) is 108 Å². The second-order valence-electron chi connectivity index (χ2n) is 8.05. The van der Waals surface area contributed by atoms with Gasteiger partial charge in [0.15, 0.2) is 5.75 Å². The van der Waals surface area contributed by atoms with Crippen molar-refractivity contribution in [2.75, 3.05) is 6.54 Å². The second kappa shape index (κ2) is 8.47. The van der Waals surface area contributed by atoms with E-state index in [9.17, 15) is 24.5 Å². The maximum absolute atomic E-state index is 13.2. The summed E-state index contributed by atoms with van der Waals surface area (Å²) in [6.45, 7) is 1.70. The van der Waals surface area contributed by atoms with E-state index in [0.29, 0.717) is 22.8 Å². The first-order valence-electron chi connectivity index (χ1n) is 10.2. The molecule has 32 heavy (non-hydrogen) atoms. The minimum absolute atomic E-state index is 0.0227. The van der Waals surface area contributed by atoms with E-state index in [2.05, 4.69) is 10.3 Å². The number of rotatable bonds is 6. The van der Waals surface area contributed by atoms with Crippen molar-refractivity contribution in [1.29, 1.82) is 0 Å². The number of phenols is 1. The van der Waals surface area contributed by atoms with Crippen LogP contribution in [0.5, 0.6) is 11.6 Å². The molecule has 0 bridgehead atoms. The number of nitrogens with zero attached hydrogens (tertiary/aromatic N) is 2. The minimum atomic E-state index is -0.680. The third kappa shape index (κ3) is 4.09. The fourth-order valence-electron chi connectivity index (χ4n) is 3.88. The van der Waals surface area contributed by atoms with E-state index in [1.54, 1.807) is 38.5 Å². The number of aliphatic hydroxyl groups is 1. The highest BCUT2D eigenvalue weighted by molar-refractivity contribution is 6.10. The Balaban J connectivity index is 1.84. The van der Waals surface area contributed by atoms with Crippen molar-refractivity contribution in [2.45, 2.75) is 25.9 Å². The van der Waals surface area contributed by atoms with Crippen LogP contribution in [0.3, 0.4) is 0 Å². The van der Waals surface area contributed by atoms with Crippen LogP contribution in [0.2, 0.25) is 0 Å². The van der Waals surface area contributed by atoms with Gasteiger partial charge in [-0.2, -0.15) is 0 Å². The van der Waals surface area contributed by atoms with Crippen LogP contribution in [0.1, 0.15) is 23.6 Å². The predicted molar refractivity (Wildman–Crippen MR) is 119 cm³/mol. The number of nitrogens with one attached hydrogen (secondary N) is 1. The molecular formula is C24H24FN3O4. The van der Waals surface area contributed by atoms with Crippen molar-refractivity contribution in [3.8, 4) is 11.6 Å². The summed E-state index contributed by atoms with van der Waals surface area (Å²) < 4.78 is 14.7. The molecule has 0 aliphatic heterocycles. The summed E-state index contributed by atoms with van der Waals surface area (Å²) in [6, 6.07) is 8.03. The Bertz CT molecular complexity index is 1310. The summed E-state index contributed by atoms with van der Waals surface area (Å²) in [5.74, 6) is -0.893. The van der Waals surface area contributed by atoms with Gasteiger partial charge in [0.1, 0.15) is 11.3 Å². The quantitative estimate of drug-likeness (QED) is 0.371. The monoisotopic (exact) mass is 437 g/mol. The molecule has 0 aliphatic rings. The van der Waals surface area contributed by atoms with Gasteiger partial charge in [-0.25, -0.2) is 4.39 Å². The van der Waals surface area contributed by atoms with Crippen LogP contribution in [-0.2, 0) is 24.7 Å². The summed E-state index contributed by atoms with van der Waals surface area (Å²) in [5.41, 5.74) is 2.61. The molecule has 4 N–H and O–H groups in total. The molecule has 7 nitrogen and oxygen atoms in total. The molecular weight excluding hydrogens is 413 g/mol. The number of aromatic hydroxyl groups is 2. The van der Waals surface area contributed by atoms with E-state index < -0.39 is 6.10 Å². The van der Waals surface area contributed by atoms with E-state index in [0.717, 1.165) is 11.1 Å². The lowest BCUT2D eigenvalue weighted by Crippen LogP contribution is -2.31. The zero-order valence-corrected chi connectivity index (χ0v) is 17.8. The Hall–Kier alpha value is -3.65. The Morgan fingerprint density at radius 3 is 2.59 bits per heavy atom. The number of aryl methyl sites for hydroxylation is 1. The van der Waals surface area contributed by atoms with Gasteiger partial charge in [0.25, 0.3) is 0 Å². The highest BCUT2D eigenvalue weighted by Crippen LogP contribution is 2.42. The van der Waals surface area contributed by atoms with Gasteiger partial charge in [0.05, 0.1) is 17.9 Å². The highest BCUT2D eigenvalue weighted by atomic mass is 19.1. The molecule has 2 aromatic carbocycles. The summed E-state index contributed by atoms with van der Waals surface area (Å²) in [6.07, 6.45) is 3.07. The van der Waals surface area contributed by atoms with E-state index in [-0.39, 0.29) is 47.2 Å². The number of benzene rings is 2. The van der Waals surface area contributed by atoms with Gasteiger partial charge < -0.3 is 25.2 Å². The number of aliphatic hydroxyl groups excluding tert-OH is 1. The summed E-state index contributed by atoms with van der Waals surface area (Å²) in [4.78, 5) is 17.0. The standard InChI is InChI=1S/C24H24FN3O4/c1-13(29)10-26-20(30)9-17-18-8-15(7-14-3-5-16(25)6-4-14)11-27-22(18)23(31)21-19(17)12-28(2)24(21)32/h3-6,8,11-13,29,31-32H,7,9-10H2,1-2H3,(H,26,30). The Morgan fingerprint density at radius 1 is 1.19 bits per heavy atom. The van der Waals surface area contributed by atoms with E-state index in [4.69, 9.17) is 0 Å². The molecule has 0 fully saturated rings. The number of hydrogen-bond donors (Lipinski definition) is 4. The smallest absolute Gasteiger partial charge is 0.224 e. The Morgan fingerprint density at radius 2 is 1.91 bits per heavy atom. The summed E-state index contributed by atoms with van der Waals surface area (Å²) in [5, 5.41) is 34.8. The highest BCUT2D eigenvalue weighted by Gasteiger charge is 2.22. The third-order valence-electron chi connectivity index (χ3n) is 5.46. The SMILES string of the molecule is CC(O)CNC(=O)Cc1c2cc(Cc3ccc(F)cc3)cnc2c(O)c2c(O)n(C)cc12. The number of carbonyl (C=O) groups is 1. The first kappa shape index (κ1) is 21.6. The van der Waals surface area contributed by atoms with Crippen LogP contribution in [0.25, 0.3) is 21.7 Å². The molecule has 166 valence electrons. The molecule has 0 saturated carbocycles. The number of phenolic OH excluding ortho intramolecular Hbond substituents is 1. The average Bonchev–Trinajstić information content (AvgIpc) is 3.06. The molecule has 1 atom stereocenters. The van der Waals surface area contributed by atoms with E-state index in [1.165, 1.54) is 16.7 Å². The molecule has 0 radical (unpaired) electrons. The summed E-state index contributed by atoms with van der Waals surface area (Å²) in [7, 11) is 1.64. The number of pyridine rings is 1. The van der Waals surface area contributed by atoms with Crippen molar-refractivity contribution in [3.05, 3.63) is 65.2 Å². The fourth-order valence-corrected chi connectivity index (χ4v) is 3.88. The van der Waals surface area contributed by atoms with Crippen molar-refractivity contribution in [2.24, 2.45) is 7.05 Å². The average molecular weight is 437 g/mol. The lowest BCUT2D eigenvalue weighted by atomic mass is 9.96. The number of hydrogen-bond acceptors (Lipinski definition) is 5. The number of amides is 1. The van der Waals surface area contributed by atoms with Gasteiger partial charge in [-0.15, -0.1) is 0 Å². The van der Waals surface area contributed by atoms with E-state index >= 15 is 0 Å². The molecule has 0 saturated heterocycles. The van der Waals surface area contributed by atoms with Gasteiger partial charge in [-0.05, 0) is 48.2 Å². The van der Waals surface area contributed by atoms with Gasteiger partial charge in [0, 0.05) is 36.8 Å². The van der Waals surface area contributed by atoms with Gasteiger partial charge in [-0.1, -0.05) is 12.1 Å². The number of aromatic nitrogens is 2. The van der Waals surface area contributed by atoms with Gasteiger partial charge in [0.2, 0.25) is 11.8 Å². The fraction of sp³-hybridized carbons (Fsp3) is 0.250. The third-order valence-corrected chi connectivity index (χ3v) is 5.46. The second-order valence-corrected chi connectivity index (χ2v) is 8.05. The Labute approximate surface area is 183 Å². The first-order valence-corrected chi connectivity index (χ1v) is 10.2. The van der Waals surface area contributed by atoms with Gasteiger partial charge in [-0.3, -0.25) is 9.78 Å². The van der Waals surface area contributed by atoms with E-state index in [1.807, 2.05) is 6.07 Å². The molecule has 1 unspecified atom stereocenters. The normalized spacial score (nSPS) is 12.4. The predicted octanol–water partition coefficient (Wildman–Crippen LogP) is 2.91. The zero-order chi connectivity index (χ0) is 23.0. The maximum atomic E-state index is 13.2. The molecule has 0 spiro atoms. The van der Waals surface area contributed by atoms with Crippen molar-refractivity contribution in [1.82, 2.24) is 14.9 Å². The number of carbonyl (C=O) groups excluding carboxylic acids is 1. The largest absolute Gasteiger partial charge is 0.505 e. The minimum Gasteiger partial charge on any atom is -0.505 e. The maximum Gasteiger partial charge on any atom is 0.224 e. The van der Waals surface area contributed by atoms with Crippen LogP contribution in [0.15, 0.2) is 42.7 Å². The molecule has 4 rings (SSSR count). The van der Waals surface area contributed by atoms with Crippen LogP contribution in [0.4, 0.5) is 4.39 Å². The van der Waals surface area contributed by atoms with Crippen molar-refractivity contribution >= 4 is 27.6 Å². The van der Waals surface area contributed by atoms with Crippen LogP contribution in [0, 0.1) is 5.82 Å². The number of halogens is 1. The van der Waals surface area contributed by atoms with Crippen LogP contribution < -0.4 is 5.32 Å². The molecule has 1 amide bonds. The van der Waals surface area contributed by atoms with Crippen molar-refractivity contribution in [3.63, 3.8) is 0 Å². The first-order chi connectivity index (χ1) is 15.2. The summed E-state index contributed by atoms with van der Waals surface area (Å²) >= 11 is 0. The zero-order valence-electron chi connectivity index (χ0n) is 17.8. The molecule has 0 aliphatic carbocycles. The number of fused-ring (bicyclic) bond motifs is 2. The molecule has 8 heteroatoms. The van der Waals surface area contributed by atoms with Crippen LogP contribution >= 0.6 is 0 Å².